The summed E-state index contributed by atoms with van der Waals surface area (Å²) >= 11 is 1.39. The second-order valence-corrected chi connectivity index (χ2v) is 8.14. The third-order valence-corrected chi connectivity index (χ3v) is 5.70. The first-order valence-corrected chi connectivity index (χ1v) is 10.4. The molecule has 31 heavy (non-hydrogen) atoms. The molecule has 2 aromatic carbocycles. The Morgan fingerprint density at radius 1 is 0.871 bits per heavy atom. The van der Waals surface area contributed by atoms with E-state index in [0.29, 0.717) is 10.7 Å². The van der Waals surface area contributed by atoms with E-state index in [2.05, 4.69) is 28.5 Å². The van der Waals surface area contributed by atoms with Crippen LogP contribution in [-0.2, 0) is 0 Å². The summed E-state index contributed by atoms with van der Waals surface area (Å²) in [6.45, 7) is 4.08. The van der Waals surface area contributed by atoms with Crippen molar-refractivity contribution in [1.29, 1.82) is 0 Å². The van der Waals surface area contributed by atoms with Crippen LogP contribution in [0.5, 0.6) is 0 Å². The van der Waals surface area contributed by atoms with Crippen molar-refractivity contribution < 1.29 is 14.7 Å². The van der Waals surface area contributed by atoms with E-state index >= 15 is 0 Å². The second-order valence-electron chi connectivity index (χ2n) is 7.15. The van der Waals surface area contributed by atoms with E-state index < -0.39 is 5.97 Å². The molecule has 4 rings (SSSR count). The molecule has 1 amide bonds. The molecule has 0 aliphatic carbocycles. The molecule has 0 saturated carbocycles. The molecule has 0 unspecified atom stereocenters. The largest absolute Gasteiger partial charge is 0.478 e. The first-order valence-electron chi connectivity index (χ1n) is 9.55. The van der Waals surface area contributed by atoms with Gasteiger partial charge in [0.1, 0.15) is 0 Å². The van der Waals surface area contributed by atoms with Gasteiger partial charge in [-0.3, -0.25) is 15.1 Å². The number of amides is 1. The van der Waals surface area contributed by atoms with Crippen LogP contribution in [0.2, 0.25) is 0 Å². The minimum Gasteiger partial charge on any atom is -0.478 e. The summed E-state index contributed by atoms with van der Waals surface area (Å²) in [7, 11) is 0. The molecule has 2 N–H and O–H groups in total. The Balaban J connectivity index is 1.71. The highest BCUT2D eigenvalue weighted by atomic mass is 32.1. The van der Waals surface area contributed by atoms with Gasteiger partial charge in [-0.2, -0.15) is 0 Å². The highest BCUT2D eigenvalue weighted by Gasteiger charge is 2.18. The number of carbonyl (C=O) groups excluding carboxylic acids is 1. The Hall–Kier alpha value is -3.84. The molecule has 0 spiro atoms. The molecule has 2 heterocycles. The number of carboxylic acids is 1. The first kappa shape index (κ1) is 20.4. The van der Waals surface area contributed by atoms with Gasteiger partial charge in [-0.15, -0.1) is 0 Å². The molecular weight excluding hydrogens is 410 g/mol. The summed E-state index contributed by atoms with van der Waals surface area (Å²) < 4.78 is 0. The minimum atomic E-state index is -1.04. The van der Waals surface area contributed by atoms with Crippen LogP contribution < -0.4 is 5.32 Å². The van der Waals surface area contributed by atoms with Gasteiger partial charge in [0, 0.05) is 23.5 Å². The molecule has 2 aromatic heterocycles. The smallest absolute Gasteiger partial charge is 0.335 e. The number of benzene rings is 2. The average Bonchev–Trinajstić information content (AvgIpc) is 3.17. The van der Waals surface area contributed by atoms with Gasteiger partial charge in [0.25, 0.3) is 5.91 Å². The third-order valence-electron chi connectivity index (χ3n) is 4.68. The molecule has 0 aliphatic heterocycles. The molecule has 0 bridgehead atoms. The molecule has 0 aliphatic rings. The van der Waals surface area contributed by atoms with Gasteiger partial charge < -0.3 is 5.11 Å². The number of nitrogens with one attached hydrogen (secondary N) is 1. The Bertz CT molecular complexity index is 1240. The number of pyridine rings is 1. The van der Waals surface area contributed by atoms with Crippen LogP contribution in [0.3, 0.4) is 0 Å². The van der Waals surface area contributed by atoms with Crippen LogP contribution >= 0.6 is 11.3 Å². The number of aryl methyl sites for hydroxylation is 2. The summed E-state index contributed by atoms with van der Waals surface area (Å²) in [5.41, 5.74) is 5.49. The van der Waals surface area contributed by atoms with E-state index in [0.717, 1.165) is 32.8 Å². The zero-order valence-electron chi connectivity index (χ0n) is 16.9. The van der Waals surface area contributed by atoms with E-state index in [-0.39, 0.29) is 11.5 Å². The number of nitrogens with zero attached hydrogens (tertiary/aromatic N) is 2. The summed E-state index contributed by atoms with van der Waals surface area (Å²) in [6, 6.07) is 15.9. The lowest BCUT2D eigenvalue weighted by atomic mass is 10.0. The van der Waals surface area contributed by atoms with Crippen LogP contribution in [0.15, 0.2) is 67.0 Å². The second kappa shape index (κ2) is 8.49. The molecular formula is C24H19N3O3S. The maximum absolute atomic E-state index is 12.7. The maximum Gasteiger partial charge on any atom is 0.335 e. The molecule has 154 valence electrons. The number of thiazole rings is 1. The van der Waals surface area contributed by atoms with Gasteiger partial charge in [0.05, 0.1) is 16.1 Å². The fourth-order valence-corrected chi connectivity index (χ4v) is 4.30. The van der Waals surface area contributed by atoms with Gasteiger partial charge in [-0.1, -0.05) is 28.5 Å². The molecule has 0 saturated heterocycles. The molecule has 7 heteroatoms. The van der Waals surface area contributed by atoms with Gasteiger partial charge in [0.15, 0.2) is 5.13 Å². The number of rotatable bonds is 5. The van der Waals surface area contributed by atoms with Crippen molar-refractivity contribution in [1.82, 2.24) is 9.97 Å². The number of carboxylic acid groups (broad SMARTS) is 1. The number of aromatic nitrogens is 2. The SMILES string of the molecule is Cc1cc(C)cc(-c2nc(NC(=O)c3ccc(C(=O)O)cc3)sc2-c2ccncc2)c1. The lowest BCUT2D eigenvalue weighted by Gasteiger charge is -2.05. The highest BCUT2D eigenvalue weighted by Crippen LogP contribution is 2.39. The van der Waals surface area contributed by atoms with Crippen molar-refractivity contribution in [2.45, 2.75) is 13.8 Å². The van der Waals surface area contributed by atoms with Crippen LogP contribution in [0.25, 0.3) is 21.7 Å². The number of aromatic carboxylic acids is 1. The van der Waals surface area contributed by atoms with Crippen LogP contribution in [0.1, 0.15) is 31.8 Å². The van der Waals surface area contributed by atoms with Gasteiger partial charge in [-0.25, -0.2) is 9.78 Å². The van der Waals surface area contributed by atoms with Crippen molar-refractivity contribution in [3.05, 3.63) is 89.2 Å². The van der Waals surface area contributed by atoms with Gasteiger partial charge >= 0.3 is 5.97 Å². The monoisotopic (exact) mass is 429 g/mol. The lowest BCUT2D eigenvalue weighted by molar-refractivity contribution is 0.0696. The predicted octanol–water partition coefficient (Wildman–Crippen LogP) is 5.44. The van der Waals surface area contributed by atoms with E-state index in [4.69, 9.17) is 10.1 Å². The summed E-state index contributed by atoms with van der Waals surface area (Å²) in [4.78, 5) is 33.5. The Morgan fingerprint density at radius 2 is 1.48 bits per heavy atom. The fraction of sp³-hybridized carbons (Fsp3) is 0.0833. The van der Waals surface area contributed by atoms with Crippen molar-refractivity contribution >= 4 is 28.3 Å². The van der Waals surface area contributed by atoms with Gasteiger partial charge in [-0.05, 0) is 67.9 Å². The van der Waals surface area contributed by atoms with Crippen molar-refractivity contribution in [2.24, 2.45) is 0 Å². The minimum absolute atomic E-state index is 0.128. The number of hydrogen-bond acceptors (Lipinski definition) is 5. The van der Waals surface area contributed by atoms with Crippen molar-refractivity contribution in [3.63, 3.8) is 0 Å². The van der Waals surface area contributed by atoms with Crippen molar-refractivity contribution in [3.8, 4) is 21.7 Å². The first-order chi connectivity index (χ1) is 14.9. The fourth-order valence-electron chi connectivity index (χ4n) is 3.31. The molecule has 6 nitrogen and oxygen atoms in total. The molecule has 4 aromatic rings. The van der Waals surface area contributed by atoms with E-state index in [1.54, 1.807) is 12.4 Å². The molecule has 0 fully saturated rings. The molecule has 0 atom stereocenters. The highest BCUT2D eigenvalue weighted by molar-refractivity contribution is 7.19. The van der Waals surface area contributed by atoms with Crippen LogP contribution in [0, 0.1) is 13.8 Å². The average molecular weight is 430 g/mol. The predicted molar refractivity (Wildman–Crippen MR) is 122 cm³/mol. The Morgan fingerprint density at radius 3 is 2.10 bits per heavy atom. The van der Waals surface area contributed by atoms with Crippen molar-refractivity contribution in [2.75, 3.05) is 5.32 Å². The summed E-state index contributed by atoms with van der Waals surface area (Å²) in [5.74, 6) is -1.38. The quantitative estimate of drug-likeness (QED) is 0.441. The van der Waals surface area contributed by atoms with E-state index in [9.17, 15) is 9.59 Å². The number of carbonyl (C=O) groups is 2. The summed E-state index contributed by atoms with van der Waals surface area (Å²) in [5, 5.41) is 12.3. The Labute approximate surface area is 183 Å². The molecule has 0 radical (unpaired) electrons. The van der Waals surface area contributed by atoms with Crippen LogP contribution in [-0.4, -0.2) is 27.0 Å². The lowest BCUT2D eigenvalue weighted by Crippen LogP contribution is -2.12. The topological polar surface area (TPSA) is 92.2 Å². The van der Waals surface area contributed by atoms with Gasteiger partial charge in [0.2, 0.25) is 0 Å². The Kier molecular flexibility index (Phi) is 5.60. The number of hydrogen-bond donors (Lipinski definition) is 2. The standard InChI is InChI=1S/C24H19N3O3S/c1-14-11-15(2)13-19(12-14)20-21(16-7-9-25-10-8-16)31-24(26-20)27-22(28)17-3-5-18(6-4-17)23(29)30/h3-13H,1-2H3,(H,29,30)(H,26,27,28). The number of anilines is 1. The zero-order chi connectivity index (χ0) is 22.0. The maximum atomic E-state index is 12.7. The summed E-state index contributed by atoms with van der Waals surface area (Å²) in [6.07, 6.45) is 3.45. The van der Waals surface area contributed by atoms with E-state index in [1.165, 1.54) is 35.6 Å². The zero-order valence-corrected chi connectivity index (χ0v) is 17.7. The normalized spacial score (nSPS) is 10.6. The van der Waals surface area contributed by atoms with Crippen LogP contribution in [0.4, 0.5) is 5.13 Å². The third kappa shape index (κ3) is 4.51. The van der Waals surface area contributed by atoms with E-state index in [1.807, 2.05) is 26.0 Å².